The third-order valence-electron chi connectivity index (χ3n) is 16.1. The lowest BCUT2D eigenvalue weighted by Gasteiger charge is -2.71. The molecule has 20 atom stereocenters. The summed E-state index contributed by atoms with van der Waals surface area (Å²) >= 11 is 0. The van der Waals surface area contributed by atoms with Crippen LogP contribution in [0.5, 0.6) is 0 Å². The minimum absolute atomic E-state index is 0.0549. The molecule has 2 saturated heterocycles. The van der Waals surface area contributed by atoms with Crippen LogP contribution in [0.1, 0.15) is 100 Å². The zero-order valence-electron chi connectivity index (χ0n) is 34.0. The van der Waals surface area contributed by atoms with Gasteiger partial charge in [0, 0.05) is 0 Å². The van der Waals surface area contributed by atoms with Crippen LogP contribution in [0.4, 0.5) is 0 Å². The zero-order valence-corrected chi connectivity index (χ0v) is 34.0. The Labute approximate surface area is 326 Å². The van der Waals surface area contributed by atoms with E-state index >= 15 is 0 Å². The minimum atomic E-state index is -1.79. The number of aliphatic hydroxyl groups is 9. The van der Waals surface area contributed by atoms with Gasteiger partial charge in [-0.25, -0.2) is 0 Å². The summed E-state index contributed by atoms with van der Waals surface area (Å²) in [7, 11) is 0. The van der Waals surface area contributed by atoms with E-state index in [9.17, 15) is 46.0 Å². The van der Waals surface area contributed by atoms with Gasteiger partial charge in [-0.3, -0.25) is 0 Å². The average molecular weight is 783 g/mol. The maximum absolute atomic E-state index is 12.2. The summed E-state index contributed by atoms with van der Waals surface area (Å²) in [5, 5.41) is 97.6. The fourth-order valence-electron chi connectivity index (χ4n) is 13.1. The van der Waals surface area contributed by atoms with Gasteiger partial charge in [-0.05, 0) is 111 Å². The van der Waals surface area contributed by atoms with Crippen LogP contribution >= 0.6 is 0 Å². The lowest BCUT2D eigenvalue weighted by atomic mass is 9.35. The molecule has 9 N–H and O–H groups in total. The first kappa shape index (κ1) is 43.5. The summed E-state index contributed by atoms with van der Waals surface area (Å²) in [5.41, 5.74) is 1.45. The molecule has 4 saturated carbocycles. The lowest BCUT2D eigenvalue weighted by molar-refractivity contribution is -0.383. The van der Waals surface area contributed by atoms with Gasteiger partial charge in [0.15, 0.2) is 12.6 Å². The molecule has 0 radical (unpaired) electrons. The summed E-state index contributed by atoms with van der Waals surface area (Å²) in [6.07, 6.45) is -7.67. The molecule has 0 aromatic rings. The van der Waals surface area contributed by atoms with Crippen LogP contribution in [-0.2, 0) is 18.9 Å². The number of fused-ring (bicyclic) bond motifs is 5. The molecule has 2 aliphatic heterocycles. The highest BCUT2D eigenvalue weighted by Crippen LogP contribution is 2.75. The molecule has 2 heterocycles. The first-order valence-electron chi connectivity index (χ1n) is 20.6. The van der Waals surface area contributed by atoms with E-state index in [-0.39, 0.29) is 34.0 Å². The number of allylic oxidation sites excluding steroid dienone is 4. The molecule has 0 amide bonds. The number of ether oxygens (including phenoxy) is 4. The van der Waals surface area contributed by atoms with E-state index in [1.165, 1.54) is 11.1 Å². The average Bonchev–Trinajstić information content (AvgIpc) is 3.49. The van der Waals surface area contributed by atoms with Crippen molar-refractivity contribution in [2.75, 3.05) is 13.2 Å². The lowest BCUT2D eigenvalue weighted by Crippen LogP contribution is -2.69. The van der Waals surface area contributed by atoms with E-state index < -0.39 is 98.4 Å². The predicted molar refractivity (Wildman–Crippen MR) is 201 cm³/mol. The number of rotatable bonds is 9. The standard InChI is InChI=1S/C42H70O13/c1-20(2)10-9-11-21(3)22-12-14-42(8)29(22)23(45)16-28-40(6)17-24(46)36(39(4,5)27(40)13-15-41(28,42)7)55-38-35(33(50)31(48)26(19-44)53-38)54-37-34(51)32(49)30(47)25(18-43)52-37/h10-11,22-38,43-51H,9,12-19H2,1-8H3/b21-11+/t22-,23-,24-,25-,26-,27+,28-,29+,30-,31-,32+,33+,34-,35-,36+,37+,38+,40+,41-,42-/m1/s1. The highest BCUT2D eigenvalue weighted by Gasteiger charge is 2.71. The van der Waals surface area contributed by atoms with Gasteiger partial charge in [0.2, 0.25) is 0 Å². The summed E-state index contributed by atoms with van der Waals surface area (Å²) in [6, 6.07) is 0. The third-order valence-corrected chi connectivity index (χ3v) is 16.1. The normalized spacial score (nSPS) is 52.5. The Kier molecular flexibility index (Phi) is 12.6. The molecule has 6 rings (SSSR count). The molecule has 0 spiro atoms. The first-order chi connectivity index (χ1) is 25.7. The predicted octanol–water partition coefficient (Wildman–Crippen LogP) is 1.93. The van der Waals surface area contributed by atoms with E-state index in [2.05, 4.69) is 67.5 Å². The fraction of sp³-hybridized carbons (Fsp3) is 0.905. The van der Waals surface area contributed by atoms with Crippen LogP contribution in [0.15, 0.2) is 23.3 Å². The zero-order chi connectivity index (χ0) is 40.6. The minimum Gasteiger partial charge on any atom is -0.394 e. The van der Waals surface area contributed by atoms with Gasteiger partial charge in [0.05, 0.1) is 31.5 Å². The number of hydrogen-bond acceptors (Lipinski definition) is 13. The topological polar surface area (TPSA) is 219 Å². The molecule has 13 nitrogen and oxygen atoms in total. The second-order valence-corrected chi connectivity index (χ2v) is 19.6. The van der Waals surface area contributed by atoms with E-state index in [4.69, 9.17) is 18.9 Å². The van der Waals surface area contributed by atoms with Crippen LogP contribution < -0.4 is 0 Å². The molecular weight excluding hydrogens is 712 g/mol. The smallest absolute Gasteiger partial charge is 0.187 e. The van der Waals surface area contributed by atoms with Gasteiger partial charge < -0.3 is 64.9 Å². The van der Waals surface area contributed by atoms with Gasteiger partial charge in [0.25, 0.3) is 0 Å². The van der Waals surface area contributed by atoms with Gasteiger partial charge in [-0.2, -0.15) is 0 Å². The molecule has 0 aromatic carbocycles. The summed E-state index contributed by atoms with van der Waals surface area (Å²) in [5.74, 6) is 0.659. The summed E-state index contributed by atoms with van der Waals surface area (Å²) in [6.45, 7) is 16.3. The van der Waals surface area contributed by atoms with Gasteiger partial charge >= 0.3 is 0 Å². The maximum Gasteiger partial charge on any atom is 0.187 e. The SMILES string of the molecule is CC(C)=CC/C=C(\C)[C@H]1CC[C@]2(C)[C@@H]1[C@H](O)C[C@@H]1[C@@]3(C)C[C@@H](O)[C@H](O[C@@H]4O[C@H](CO)[C@@H](O)[C@H](O)[C@H]4O[C@@H]4O[C@H](CO)[C@@H](O)[C@H](O)[C@H]4O)C(C)(C)[C@@H]3CC[C@]12C. The molecule has 55 heavy (non-hydrogen) atoms. The molecular formula is C42H70O13. The summed E-state index contributed by atoms with van der Waals surface area (Å²) < 4.78 is 24.1. The maximum atomic E-state index is 12.2. The van der Waals surface area contributed by atoms with Crippen molar-refractivity contribution in [3.05, 3.63) is 23.3 Å². The molecule has 6 aliphatic rings. The Morgan fingerprint density at radius 2 is 1.27 bits per heavy atom. The highest BCUT2D eigenvalue weighted by atomic mass is 16.8. The molecule has 6 fully saturated rings. The van der Waals surface area contributed by atoms with Crippen LogP contribution in [0.2, 0.25) is 0 Å². The Bertz CT molecular complexity index is 1420. The van der Waals surface area contributed by atoms with Crippen LogP contribution in [0.25, 0.3) is 0 Å². The van der Waals surface area contributed by atoms with Crippen molar-refractivity contribution in [2.45, 2.75) is 180 Å². The largest absolute Gasteiger partial charge is 0.394 e. The molecule has 13 heteroatoms. The first-order valence-corrected chi connectivity index (χ1v) is 20.6. The van der Waals surface area contributed by atoms with Crippen molar-refractivity contribution < 1.29 is 64.9 Å². The van der Waals surface area contributed by atoms with Crippen LogP contribution in [0, 0.1) is 45.3 Å². The number of aliphatic hydroxyl groups excluding tert-OH is 9. The Hall–Kier alpha value is -1.04. The monoisotopic (exact) mass is 782 g/mol. The molecule has 4 aliphatic carbocycles. The Balaban J connectivity index is 1.26. The van der Waals surface area contributed by atoms with Crippen molar-refractivity contribution in [3.8, 4) is 0 Å². The molecule has 316 valence electrons. The van der Waals surface area contributed by atoms with Crippen molar-refractivity contribution in [1.82, 2.24) is 0 Å². The van der Waals surface area contributed by atoms with Gasteiger partial charge in [-0.1, -0.05) is 57.9 Å². The molecule has 0 aromatic heterocycles. The molecule has 0 unspecified atom stereocenters. The van der Waals surface area contributed by atoms with Gasteiger partial charge in [0.1, 0.15) is 48.8 Å². The second-order valence-electron chi connectivity index (χ2n) is 19.6. The Morgan fingerprint density at radius 1 is 0.673 bits per heavy atom. The van der Waals surface area contributed by atoms with E-state index in [0.29, 0.717) is 18.8 Å². The van der Waals surface area contributed by atoms with E-state index in [0.717, 1.165) is 32.1 Å². The van der Waals surface area contributed by atoms with Crippen molar-refractivity contribution >= 4 is 0 Å². The van der Waals surface area contributed by atoms with Crippen molar-refractivity contribution in [3.63, 3.8) is 0 Å². The number of hydrogen-bond donors (Lipinski definition) is 9. The molecule has 0 bridgehead atoms. The quantitative estimate of drug-likeness (QED) is 0.121. The van der Waals surface area contributed by atoms with E-state index in [1.54, 1.807) is 0 Å². The summed E-state index contributed by atoms with van der Waals surface area (Å²) in [4.78, 5) is 0. The van der Waals surface area contributed by atoms with Gasteiger partial charge in [-0.15, -0.1) is 0 Å². The van der Waals surface area contributed by atoms with Crippen molar-refractivity contribution in [2.24, 2.45) is 45.3 Å². The fourth-order valence-corrected chi connectivity index (χ4v) is 13.1. The second kappa shape index (κ2) is 15.9. The van der Waals surface area contributed by atoms with E-state index in [1.807, 2.05) is 0 Å². The van der Waals surface area contributed by atoms with Crippen molar-refractivity contribution in [1.29, 1.82) is 0 Å². The third kappa shape index (κ3) is 7.12. The van der Waals surface area contributed by atoms with Crippen LogP contribution in [-0.4, -0.2) is 139 Å². The highest BCUT2D eigenvalue weighted by molar-refractivity contribution is 5.23. The van der Waals surface area contributed by atoms with Crippen LogP contribution in [0.3, 0.4) is 0 Å². The Morgan fingerprint density at radius 3 is 1.89 bits per heavy atom.